The first kappa shape index (κ1) is 24.2. The molecule has 2 aromatic carbocycles. The average molecular weight is 504 g/mol. The third-order valence-corrected chi connectivity index (χ3v) is 7.10. The van der Waals surface area contributed by atoms with Crippen LogP contribution in [0.4, 0.5) is 5.82 Å². The predicted octanol–water partition coefficient (Wildman–Crippen LogP) is 6.95. The first-order valence-electron chi connectivity index (χ1n) is 12.4. The van der Waals surface area contributed by atoms with Gasteiger partial charge in [0, 0.05) is 17.8 Å². The van der Waals surface area contributed by atoms with Crippen molar-refractivity contribution in [3.8, 4) is 22.8 Å². The number of halogens is 1. The van der Waals surface area contributed by atoms with Gasteiger partial charge in [-0.15, -0.1) is 11.6 Å². The quantitative estimate of drug-likeness (QED) is 0.168. The van der Waals surface area contributed by atoms with Gasteiger partial charge >= 0.3 is 5.97 Å². The summed E-state index contributed by atoms with van der Waals surface area (Å²) in [6.07, 6.45) is 8.13. The molecule has 2 aromatic heterocycles. The number of alkyl halides is 1. The van der Waals surface area contributed by atoms with Gasteiger partial charge in [0.1, 0.15) is 17.2 Å². The minimum atomic E-state index is -0.913. The van der Waals surface area contributed by atoms with Gasteiger partial charge in [0.15, 0.2) is 16.9 Å². The fourth-order valence-corrected chi connectivity index (χ4v) is 4.93. The predicted molar refractivity (Wildman–Crippen MR) is 143 cm³/mol. The summed E-state index contributed by atoms with van der Waals surface area (Å²) in [6, 6.07) is 19.2. The molecule has 0 bridgehead atoms. The molecule has 1 aliphatic rings. The van der Waals surface area contributed by atoms with Gasteiger partial charge in [0.2, 0.25) is 0 Å². The van der Waals surface area contributed by atoms with Crippen molar-refractivity contribution in [2.45, 2.75) is 50.4 Å². The Balaban J connectivity index is 1.47. The smallest absolute Gasteiger partial charge is 0.334 e. The zero-order chi connectivity index (χ0) is 25.1. The molecule has 1 atom stereocenters. The molecule has 0 aliphatic heterocycles. The Morgan fingerprint density at radius 1 is 1.06 bits per heavy atom. The Bertz CT molecular complexity index is 1360. The Morgan fingerprint density at radius 3 is 2.58 bits per heavy atom. The second-order valence-corrected chi connectivity index (χ2v) is 9.72. The number of fused-ring (bicyclic) bond motifs is 1. The Labute approximate surface area is 216 Å². The number of carbonyl (C=O) groups excluding carboxylic acids is 1. The van der Waals surface area contributed by atoms with Gasteiger partial charge in [-0.3, -0.25) is 4.40 Å². The lowest BCUT2D eigenvalue weighted by atomic mass is 9.95. The molecule has 0 spiro atoms. The zero-order valence-corrected chi connectivity index (χ0v) is 21.3. The van der Waals surface area contributed by atoms with Crippen LogP contribution in [0.25, 0.3) is 16.9 Å². The molecule has 7 heteroatoms. The van der Waals surface area contributed by atoms with Crippen molar-refractivity contribution in [3.63, 3.8) is 0 Å². The number of hydrogen-bond acceptors (Lipinski definition) is 5. The zero-order valence-electron chi connectivity index (χ0n) is 20.5. The van der Waals surface area contributed by atoms with Crippen molar-refractivity contribution in [1.82, 2.24) is 9.38 Å². The molecular weight excluding hydrogens is 474 g/mol. The molecular formula is C29H30ClN3O3. The van der Waals surface area contributed by atoms with E-state index < -0.39 is 11.3 Å². The Kier molecular flexibility index (Phi) is 7.14. The number of ether oxygens (including phenoxy) is 2. The second-order valence-electron chi connectivity index (χ2n) is 9.28. The van der Waals surface area contributed by atoms with E-state index in [0.29, 0.717) is 23.1 Å². The van der Waals surface area contributed by atoms with Crippen LogP contribution in [-0.4, -0.2) is 28.5 Å². The van der Waals surface area contributed by atoms with E-state index in [1.807, 2.05) is 30.3 Å². The molecule has 1 aliphatic carbocycles. The summed E-state index contributed by atoms with van der Waals surface area (Å²) in [7, 11) is 1.56. The summed E-state index contributed by atoms with van der Waals surface area (Å²) < 4.78 is 13.3. The monoisotopic (exact) mass is 503 g/mol. The topological polar surface area (TPSA) is 64.9 Å². The molecule has 0 saturated heterocycles. The minimum Gasteiger partial charge on any atom is -0.493 e. The maximum atomic E-state index is 12.7. The largest absolute Gasteiger partial charge is 0.493 e. The summed E-state index contributed by atoms with van der Waals surface area (Å²) in [5, 5.41) is 2.85. The molecule has 1 unspecified atom stereocenters. The molecule has 6 nitrogen and oxygen atoms in total. The highest BCUT2D eigenvalue weighted by Gasteiger charge is 2.23. The lowest BCUT2D eigenvalue weighted by Gasteiger charge is -2.24. The van der Waals surface area contributed by atoms with E-state index in [4.69, 9.17) is 26.1 Å². The summed E-state index contributed by atoms with van der Waals surface area (Å²) in [6.45, 7) is 2.06. The van der Waals surface area contributed by atoms with Crippen LogP contribution in [0, 0.1) is 6.92 Å². The van der Waals surface area contributed by atoms with E-state index in [-0.39, 0.29) is 0 Å². The van der Waals surface area contributed by atoms with E-state index in [9.17, 15) is 4.79 Å². The summed E-state index contributed by atoms with van der Waals surface area (Å²) >= 11 is 6.36. The van der Waals surface area contributed by atoms with Crippen molar-refractivity contribution in [1.29, 1.82) is 0 Å². The van der Waals surface area contributed by atoms with Crippen LogP contribution in [0.1, 0.15) is 48.6 Å². The number of hydrogen-bond donors (Lipinski definition) is 1. The summed E-state index contributed by atoms with van der Waals surface area (Å²) in [4.78, 5) is 17.7. The highest BCUT2D eigenvalue weighted by Crippen LogP contribution is 2.37. The fraction of sp³-hybridized carbons (Fsp3) is 0.310. The van der Waals surface area contributed by atoms with Crippen LogP contribution in [0.2, 0.25) is 0 Å². The van der Waals surface area contributed by atoms with Crippen molar-refractivity contribution < 1.29 is 14.3 Å². The maximum absolute atomic E-state index is 12.7. The van der Waals surface area contributed by atoms with E-state index >= 15 is 0 Å². The van der Waals surface area contributed by atoms with Gasteiger partial charge in [0.25, 0.3) is 0 Å². The molecule has 0 radical (unpaired) electrons. The number of anilines is 1. The molecule has 1 saturated carbocycles. The lowest BCUT2D eigenvalue weighted by Crippen LogP contribution is -2.23. The third-order valence-electron chi connectivity index (χ3n) is 6.67. The number of benzene rings is 2. The molecule has 36 heavy (non-hydrogen) atoms. The van der Waals surface area contributed by atoms with Crippen molar-refractivity contribution in [3.05, 3.63) is 78.0 Å². The molecule has 186 valence electrons. The van der Waals surface area contributed by atoms with Crippen LogP contribution in [0.5, 0.6) is 11.5 Å². The van der Waals surface area contributed by atoms with E-state index in [2.05, 4.69) is 35.0 Å². The molecule has 0 amide bonds. The molecule has 5 rings (SSSR count). The standard InChI is InChI=1S/C29H30ClN3O3/c1-19-15-16-33-25(17-19)32-27(28(33)31-22-11-7-4-8-12-22)21-13-14-23(24(18-21)35-2)36-29(34)26(30)20-9-5-3-6-10-20/h3,5-6,9-10,13-18,22,26,31H,4,7-8,11-12H2,1-2H3. The number of pyridine rings is 1. The van der Waals surface area contributed by atoms with Gasteiger partial charge < -0.3 is 14.8 Å². The number of rotatable bonds is 7. The minimum absolute atomic E-state index is 0.314. The number of methoxy groups -OCH3 is 1. The molecule has 1 N–H and O–H groups in total. The molecule has 4 aromatic rings. The van der Waals surface area contributed by atoms with Crippen LogP contribution < -0.4 is 14.8 Å². The van der Waals surface area contributed by atoms with Crippen LogP contribution >= 0.6 is 11.6 Å². The van der Waals surface area contributed by atoms with Gasteiger partial charge in [-0.25, -0.2) is 9.78 Å². The fourth-order valence-electron chi connectivity index (χ4n) is 4.74. The van der Waals surface area contributed by atoms with Gasteiger partial charge in [-0.1, -0.05) is 49.6 Å². The number of aromatic nitrogens is 2. The third kappa shape index (κ3) is 5.05. The highest BCUT2D eigenvalue weighted by atomic mass is 35.5. The first-order chi connectivity index (χ1) is 17.5. The number of nitrogens with zero attached hydrogens (tertiary/aromatic N) is 2. The second kappa shape index (κ2) is 10.6. The van der Waals surface area contributed by atoms with Crippen LogP contribution in [0.15, 0.2) is 66.9 Å². The van der Waals surface area contributed by atoms with Gasteiger partial charge in [0.05, 0.1) is 7.11 Å². The van der Waals surface area contributed by atoms with Crippen LogP contribution in [-0.2, 0) is 4.79 Å². The number of aryl methyl sites for hydroxylation is 1. The number of esters is 1. The highest BCUT2D eigenvalue weighted by molar-refractivity contribution is 6.30. The van der Waals surface area contributed by atoms with E-state index in [1.165, 1.54) is 19.3 Å². The maximum Gasteiger partial charge on any atom is 0.334 e. The number of imidazole rings is 1. The van der Waals surface area contributed by atoms with Crippen molar-refractivity contribution in [2.75, 3.05) is 12.4 Å². The Morgan fingerprint density at radius 2 is 1.83 bits per heavy atom. The lowest BCUT2D eigenvalue weighted by molar-refractivity contribution is -0.134. The normalized spacial score (nSPS) is 15.0. The van der Waals surface area contributed by atoms with Gasteiger partial charge in [-0.2, -0.15) is 0 Å². The number of carbonyl (C=O) groups is 1. The summed E-state index contributed by atoms with van der Waals surface area (Å²) in [5.41, 5.74) is 4.42. The Hall–Kier alpha value is -3.51. The van der Waals surface area contributed by atoms with Gasteiger partial charge in [-0.05, 0) is 61.2 Å². The van der Waals surface area contributed by atoms with E-state index in [0.717, 1.165) is 41.1 Å². The molecule has 2 heterocycles. The van der Waals surface area contributed by atoms with E-state index in [1.54, 1.807) is 25.3 Å². The average Bonchev–Trinajstić information content (AvgIpc) is 3.26. The first-order valence-corrected chi connectivity index (χ1v) is 12.8. The number of nitrogens with one attached hydrogen (secondary N) is 1. The molecule has 1 fully saturated rings. The summed E-state index contributed by atoms with van der Waals surface area (Å²) in [5.74, 6) is 1.16. The van der Waals surface area contributed by atoms with Crippen molar-refractivity contribution in [2.24, 2.45) is 0 Å². The van der Waals surface area contributed by atoms with Crippen molar-refractivity contribution >= 4 is 29.0 Å². The SMILES string of the molecule is COc1cc(-c2nc3cc(C)ccn3c2NC2CCCCC2)ccc1OC(=O)C(Cl)c1ccccc1. The van der Waals surface area contributed by atoms with Crippen LogP contribution in [0.3, 0.4) is 0 Å².